The second kappa shape index (κ2) is 9.59. The van der Waals surface area contributed by atoms with E-state index >= 15 is 0 Å². The van der Waals surface area contributed by atoms with Gasteiger partial charge in [0, 0.05) is 16.2 Å². The van der Waals surface area contributed by atoms with Gasteiger partial charge in [0.2, 0.25) is 0 Å². The molecule has 6 heteroatoms. The zero-order valence-electron chi connectivity index (χ0n) is 15.4. The van der Waals surface area contributed by atoms with Crippen molar-refractivity contribution in [3.8, 4) is 0 Å². The number of nitrogens with one attached hydrogen (secondary N) is 2. The van der Waals surface area contributed by atoms with Gasteiger partial charge in [-0.2, -0.15) is 0 Å². The molecule has 1 aliphatic rings. The molecule has 1 fully saturated rings. The fraction of sp³-hybridized carbons (Fsp3) is 0.350. The van der Waals surface area contributed by atoms with Crippen molar-refractivity contribution in [3.63, 3.8) is 0 Å². The van der Waals surface area contributed by atoms with Crippen LogP contribution in [-0.2, 0) is 5.75 Å². The molecule has 0 heterocycles. The van der Waals surface area contributed by atoms with Gasteiger partial charge in [-0.15, -0.1) is 11.8 Å². The number of benzene rings is 2. The van der Waals surface area contributed by atoms with E-state index < -0.39 is 6.03 Å². The molecule has 1 saturated carbocycles. The highest BCUT2D eigenvalue weighted by molar-refractivity contribution is 7.98. The van der Waals surface area contributed by atoms with Crippen molar-refractivity contribution in [2.24, 2.45) is 5.84 Å². The average molecular weight is 376 g/mol. The van der Waals surface area contributed by atoms with Crippen LogP contribution in [0.1, 0.15) is 49.3 Å². The summed E-state index contributed by atoms with van der Waals surface area (Å²) in [5, 5.41) is 2.76. The largest absolute Gasteiger partial charge is 0.333 e. The zero-order chi connectivity index (χ0) is 19.1. The highest BCUT2D eigenvalue weighted by Gasteiger charge is 2.27. The Morgan fingerprint density at radius 3 is 2.54 bits per heavy atom. The highest BCUT2D eigenvalue weighted by atomic mass is 32.2. The molecule has 0 spiro atoms. The average Bonchev–Trinajstić information content (AvgIpc) is 3.48. The number of carbonyl (C=O) groups is 1. The van der Waals surface area contributed by atoms with Crippen molar-refractivity contribution in [3.05, 3.63) is 58.9 Å². The first kappa shape index (κ1) is 20.3. The van der Waals surface area contributed by atoms with Crippen LogP contribution in [0.2, 0.25) is 0 Å². The molecule has 0 aliphatic heterocycles. The molecule has 1 aliphatic carbocycles. The first-order valence-electron chi connectivity index (χ1n) is 8.87. The zero-order valence-corrected chi connectivity index (χ0v) is 16.3. The number of rotatable bonds is 5. The van der Waals surface area contributed by atoms with Gasteiger partial charge in [-0.25, -0.2) is 15.0 Å². The molecule has 3 rings (SSSR count). The Bertz CT molecular complexity index is 742. The number of anilines is 1. The number of nitrogens with two attached hydrogens (primary N) is 1. The third-order valence-corrected chi connectivity index (χ3v) is 5.33. The van der Waals surface area contributed by atoms with Crippen LogP contribution in [0.4, 0.5) is 14.9 Å². The Labute approximate surface area is 158 Å². The van der Waals surface area contributed by atoms with Gasteiger partial charge >= 0.3 is 6.03 Å². The van der Waals surface area contributed by atoms with E-state index in [-0.39, 0.29) is 5.82 Å². The predicted molar refractivity (Wildman–Crippen MR) is 107 cm³/mol. The number of carbonyl (C=O) groups excluding carboxylic acids is 1. The van der Waals surface area contributed by atoms with E-state index in [0.29, 0.717) is 22.9 Å². The van der Waals surface area contributed by atoms with Gasteiger partial charge in [0.15, 0.2) is 0 Å². The number of halogens is 1. The molecule has 4 nitrogen and oxygen atoms in total. The number of aryl methyl sites for hydroxylation is 1. The molecule has 2 aromatic carbocycles. The second-order valence-electron chi connectivity index (χ2n) is 5.92. The fourth-order valence-corrected chi connectivity index (χ4v) is 4.01. The van der Waals surface area contributed by atoms with E-state index in [2.05, 4.69) is 16.8 Å². The maximum Gasteiger partial charge on any atom is 0.333 e. The maximum absolute atomic E-state index is 14.1. The summed E-state index contributed by atoms with van der Waals surface area (Å²) < 4.78 is 14.1. The van der Waals surface area contributed by atoms with E-state index in [1.54, 1.807) is 17.8 Å². The lowest BCUT2D eigenvalue weighted by molar-refractivity contribution is 0.252. The number of hydrogen-bond donors (Lipinski definition) is 3. The first-order chi connectivity index (χ1) is 12.6. The summed E-state index contributed by atoms with van der Waals surface area (Å²) in [7, 11) is 0. The molecular formula is C20H26FN3OS. The minimum absolute atomic E-state index is 0.194. The summed E-state index contributed by atoms with van der Waals surface area (Å²) in [6.07, 6.45) is 2.30. The lowest BCUT2D eigenvalue weighted by atomic mass is 10.1. The SMILES string of the molecule is CC.Cc1cccc(F)c1CSc1c(NC(=O)NN)cccc1C1CC1. The van der Waals surface area contributed by atoms with Crippen LogP contribution in [0.25, 0.3) is 0 Å². The summed E-state index contributed by atoms with van der Waals surface area (Å²) in [6, 6.07) is 10.5. The third kappa shape index (κ3) is 4.99. The van der Waals surface area contributed by atoms with Gasteiger partial charge in [0.1, 0.15) is 5.82 Å². The van der Waals surface area contributed by atoms with Crippen LogP contribution in [-0.4, -0.2) is 6.03 Å². The Balaban J connectivity index is 0.00000117. The molecule has 0 radical (unpaired) electrons. The van der Waals surface area contributed by atoms with Crippen LogP contribution < -0.4 is 16.6 Å². The Morgan fingerprint density at radius 2 is 1.92 bits per heavy atom. The standard InChI is InChI=1S/C18H20FN3OS.C2H6/c1-11-4-2-6-15(19)14(11)10-24-17-13(12-8-9-12)5-3-7-16(17)21-18(23)22-20;1-2/h2-7,12H,8-10,20H2,1H3,(H2,21,22,23);1-2H3. The quantitative estimate of drug-likeness (QED) is 0.286. The van der Waals surface area contributed by atoms with Crippen molar-refractivity contribution >= 4 is 23.5 Å². The molecule has 0 atom stereocenters. The summed E-state index contributed by atoms with van der Waals surface area (Å²) in [5.74, 6) is 6.01. The van der Waals surface area contributed by atoms with Gasteiger partial charge in [-0.3, -0.25) is 5.43 Å². The van der Waals surface area contributed by atoms with Gasteiger partial charge in [0.05, 0.1) is 5.69 Å². The van der Waals surface area contributed by atoms with Crippen molar-refractivity contribution < 1.29 is 9.18 Å². The topological polar surface area (TPSA) is 67.2 Å². The van der Waals surface area contributed by atoms with Crippen molar-refractivity contribution in [1.29, 1.82) is 0 Å². The minimum Gasteiger partial charge on any atom is -0.306 e. The summed E-state index contributed by atoms with van der Waals surface area (Å²) in [4.78, 5) is 12.6. The van der Waals surface area contributed by atoms with E-state index in [4.69, 9.17) is 5.84 Å². The summed E-state index contributed by atoms with van der Waals surface area (Å²) in [5.41, 5.74) is 5.63. The van der Waals surface area contributed by atoms with E-state index in [1.807, 2.05) is 39.0 Å². The lowest BCUT2D eigenvalue weighted by Crippen LogP contribution is -2.34. The van der Waals surface area contributed by atoms with Crippen molar-refractivity contribution in [2.45, 2.75) is 50.2 Å². The fourth-order valence-electron chi connectivity index (χ4n) is 2.68. The van der Waals surface area contributed by atoms with Crippen LogP contribution >= 0.6 is 11.8 Å². The molecular weight excluding hydrogens is 349 g/mol. The summed E-state index contributed by atoms with van der Waals surface area (Å²) in [6.45, 7) is 5.91. The van der Waals surface area contributed by atoms with Gasteiger partial charge < -0.3 is 5.32 Å². The monoisotopic (exact) mass is 375 g/mol. The van der Waals surface area contributed by atoms with Crippen LogP contribution in [0.5, 0.6) is 0 Å². The smallest absolute Gasteiger partial charge is 0.306 e. The third-order valence-electron chi connectivity index (χ3n) is 4.16. The molecule has 0 saturated heterocycles. The molecule has 0 aromatic heterocycles. The Hall–Kier alpha value is -2.05. The van der Waals surface area contributed by atoms with E-state index in [9.17, 15) is 9.18 Å². The Morgan fingerprint density at radius 1 is 1.23 bits per heavy atom. The number of hydrogen-bond acceptors (Lipinski definition) is 3. The molecule has 4 N–H and O–H groups in total. The number of thioether (sulfide) groups is 1. The number of amides is 2. The van der Waals surface area contributed by atoms with E-state index in [1.165, 1.54) is 11.6 Å². The molecule has 0 bridgehead atoms. The number of hydrazine groups is 1. The van der Waals surface area contributed by atoms with Crippen molar-refractivity contribution in [1.82, 2.24) is 5.43 Å². The van der Waals surface area contributed by atoms with Crippen LogP contribution in [0, 0.1) is 12.7 Å². The minimum atomic E-state index is -0.466. The highest BCUT2D eigenvalue weighted by Crippen LogP contribution is 2.47. The predicted octanol–water partition coefficient (Wildman–Crippen LogP) is 5.33. The first-order valence-corrected chi connectivity index (χ1v) is 9.86. The van der Waals surface area contributed by atoms with Gasteiger partial charge in [-0.05, 0) is 48.9 Å². The maximum atomic E-state index is 14.1. The van der Waals surface area contributed by atoms with Crippen LogP contribution in [0.15, 0.2) is 41.3 Å². The molecule has 2 amide bonds. The normalized spacial score (nSPS) is 12.8. The second-order valence-corrected chi connectivity index (χ2v) is 6.91. The molecule has 26 heavy (non-hydrogen) atoms. The van der Waals surface area contributed by atoms with Crippen LogP contribution in [0.3, 0.4) is 0 Å². The molecule has 0 unspecified atom stereocenters. The van der Waals surface area contributed by atoms with E-state index in [0.717, 1.165) is 23.3 Å². The Kier molecular flexibility index (Phi) is 7.48. The molecule has 2 aromatic rings. The van der Waals surface area contributed by atoms with Gasteiger partial charge in [0.25, 0.3) is 0 Å². The molecule has 140 valence electrons. The summed E-state index contributed by atoms with van der Waals surface area (Å²) >= 11 is 1.55. The van der Waals surface area contributed by atoms with Crippen molar-refractivity contribution in [2.75, 3.05) is 5.32 Å². The van der Waals surface area contributed by atoms with Gasteiger partial charge in [-0.1, -0.05) is 38.1 Å². The number of urea groups is 1. The lowest BCUT2D eigenvalue weighted by Gasteiger charge is -2.16.